The largest absolute Gasteiger partial charge is 0.454 e. The number of aromatic nitrogens is 4. The maximum absolute atomic E-state index is 12.9. The summed E-state index contributed by atoms with van der Waals surface area (Å²) in [6.07, 6.45) is 1.82. The second-order valence-electron chi connectivity index (χ2n) is 7.75. The molecule has 9 nitrogen and oxygen atoms in total. The van der Waals surface area contributed by atoms with E-state index in [0.29, 0.717) is 12.2 Å². The molecule has 5 rings (SSSR count). The van der Waals surface area contributed by atoms with Crippen molar-refractivity contribution < 1.29 is 14.3 Å². The van der Waals surface area contributed by atoms with Gasteiger partial charge in [0.2, 0.25) is 12.7 Å². The molecule has 0 spiro atoms. The van der Waals surface area contributed by atoms with Crippen molar-refractivity contribution in [3.05, 3.63) is 47.0 Å². The Labute approximate surface area is 174 Å². The number of hydrogen-bond donors (Lipinski definition) is 0. The molecule has 1 saturated heterocycles. The Hall–Kier alpha value is -3.20. The molecule has 2 aliphatic rings. The van der Waals surface area contributed by atoms with Gasteiger partial charge in [0.1, 0.15) is 6.33 Å². The SMILES string of the molecule is Cc1nc2ncnn2c(C)c1CC(=O)N1CCN(Cc2ccc3c(c2)OCO3)CC1. The lowest BCUT2D eigenvalue weighted by molar-refractivity contribution is -0.132. The fourth-order valence-corrected chi connectivity index (χ4v) is 4.13. The highest BCUT2D eigenvalue weighted by molar-refractivity contribution is 5.79. The highest BCUT2D eigenvalue weighted by atomic mass is 16.7. The van der Waals surface area contributed by atoms with E-state index in [2.05, 4.69) is 26.0 Å². The van der Waals surface area contributed by atoms with Gasteiger partial charge in [-0.15, -0.1) is 0 Å². The van der Waals surface area contributed by atoms with Crippen LogP contribution in [0.2, 0.25) is 0 Å². The smallest absolute Gasteiger partial charge is 0.252 e. The summed E-state index contributed by atoms with van der Waals surface area (Å²) >= 11 is 0. The van der Waals surface area contributed by atoms with E-state index in [4.69, 9.17) is 9.47 Å². The fraction of sp³-hybridized carbons (Fsp3) is 0.429. The Kier molecular flexibility index (Phi) is 4.74. The van der Waals surface area contributed by atoms with E-state index in [1.54, 1.807) is 4.52 Å². The summed E-state index contributed by atoms with van der Waals surface area (Å²) in [5.74, 6) is 2.31. The molecule has 0 radical (unpaired) electrons. The number of amides is 1. The van der Waals surface area contributed by atoms with Crippen molar-refractivity contribution in [1.29, 1.82) is 0 Å². The van der Waals surface area contributed by atoms with E-state index < -0.39 is 0 Å². The number of fused-ring (bicyclic) bond motifs is 2. The molecule has 0 N–H and O–H groups in total. The van der Waals surface area contributed by atoms with E-state index in [1.165, 1.54) is 11.9 Å². The molecule has 0 saturated carbocycles. The second-order valence-corrected chi connectivity index (χ2v) is 7.75. The Morgan fingerprint density at radius 3 is 2.73 bits per heavy atom. The third-order valence-electron chi connectivity index (χ3n) is 5.88. The topological polar surface area (TPSA) is 85.1 Å². The summed E-state index contributed by atoms with van der Waals surface area (Å²) in [7, 11) is 0. The van der Waals surface area contributed by atoms with E-state index in [9.17, 15) is 4.79 Å². The average molecular weight is 408 g/mol. The van der Waals surface area contributed by atoms with Crippen molar-refractivity contribution in [3.63, 3.8) is 0 Å². The third-order valence-corrected chi connectivity index (χ3v) is 5.88. The van der Waals surface area contributed by atoms with Crippen LogP contribution in [0.15, 0.2) is 24.5 Å². The van der Waals surface area contributed by atoms with Gasteiger partial charge in [-0.05, 0) is 31.5 Å². The molecule has 1 amide bonds. The van der Waals surface area contributed by atoms with Crippen molar-refractivity contribution >= 4 is 11.7 Å². The number of nitrogens with zero attached hydrogens (tertiary/aromatic N) is 6. The number of carbonyl (C=O) groups is 1. The van der Waals surface area contributed by atoms with E-state index in [1.807, 2.05) is 30.9 Å². The molecule has 0 unspecified atom stereocenters. The second kappa shape index (κ2) is 7.56. The number of carbonyl (C=O) groups excluding carboxylic acids is 1. The summed E-state index contributed by atoms with van der Waals surface area (Å²) in [5.41, 5.74) is 3.88. The average Bonchev–Trinajstić information content (AvgIpc) is 3.40. The first-order chi connectivity index (χ1) is 14.6. The molecular weight excluding hydrogens is 384 g/mol. The first kappa shape index (κ1) is 18.8. The van der Waals surface area contributed by atoms with Gasteiger partial charge in [-0.2, -0.15) is 10.1 Å². The zero-order valence-corrected chi connectivity index (χ0v) is 17.2. The van der Waals surface area contributed by atoms with Crippen LogP contribution in [0, 0.1) is 13.8 Å². The summed E-state index contributed by atoms with van der Waals surface area (Å²) in [6, 6.07) is 6.07. The molecule has 3 aromatic rings. The lowest BCUT2D eigenvalue weighted by atomic mass is 10.1. The van der Waals surface area contributed by atoms with Gasteiger partial charge in [0, 0.05) is 49.7 Å². The first-order valence-electron chi connectivity index (χ1n) is 10.1. The van der Waals surface area contributed by atoms with Gasteiger partial charge in [0.25, 0.3) is 5.78 Å². The van der Waals surface area contributed by atoms with Crippen LogP contribution in [0.5, 0.6) is 11.5 Å². The normalized spacial score (nSPS) is 16.4. The van der Waals surface area contributed by atoms with Crippen molar-refractivity contribution in [3.8, 4) is 11.5 Å². The quantitative estimate of drug-likeness (QED) is 0.644. The molecule has 4 heterocycles. The maximum atomic E-state index is 12.9. The van der Waals surface area contributed by atoms with Gasteiger partial charge in [0.05, 0.1) is 6.42 Å². The maximum Gasteiger partial charge on any atom is 0.252 e. The van der Waals surface area contributed by atoms with Gasteiger partial charge in [-0.1, -0.05) is 6.07 Å². The van der Waals surface area contributed by atoms with E-state index in [-0.39, 0.29) is 12.7 Å². The number of piperazine rings is 1. The predicted octanol–water partition coefficient (Wildman–Crippen LogP) is 1.36. The summed E-state index contributed by atoms with van der Waals surface area (Å²) in [4.78, 5) is 25.9. The van der Waals surface area contributed by atoms with Crippen LogP contribution in [0.3, 0.4) is 0 Å². The number of ether oxygens (including phenoxy) is 2. The molecule has 0 atom stereocenters. The van der Waals surface area contributed by atoms with Gasteiger partial charge < -0.3 is 14.4 Å². The third kappa shape index (κ3) is 3.45. The number of hydrogen-bond acceptors (Lipinski definition) is 7. The minimum Gasteiger partial charge on any atom is -0.454 e. The zero-order valence-electron chi connectivity index (χ0n) is 17.2. The van der Waals surface area contributed by atoms with Crippen LogP contribution < -0.4 is 9.47 Å². The molecule has 30 heavy (non-hydrogen) atoms. The lowest BCUT2D eigenvalue weighted by Gasteiger charge is -2.35. The highest BCUT2D eigenvalue weighted by Gasteiger charge is 2.24. The van der Waals surface area contributed by atoms with Gasteiger partial charge in [-0.3, -0.25) is 9.69 Å². The fourth-order valence-electron chi connectivity index (χ4n) is 4.13. The van der Waals surface area contributed by atoms with Crippen LogP contribution in [-0.4, -0.2) is 68.3 Å². The van der Waals surface area contributed by atoms with Crippen molar-refractivity contribution in [2.75, 3.05) is 33.0 Å². The van der Waals surface area contributed by atoms with Crippen molar-refractivity contribution in [1.82, 2.24) is 29.4 Å². The lowest BCUT2D eigenvalue weighted by Crippen LogP contribution is -2.48. The summed E-state index contributed by atoms with van der Waals surface area (Å²) in [6.45, 7) is 8.15. The first-order valence-corrected chi connectivity index (χ1v) is 10.1. The minimum atomic E-state index is 0.130. The molecular formula is C21H24N6O3. The molecule has 9 heteroatoms. The van der Waals surface area contributed by atoms with Gasteiger partial charge in [-0.25, -0.2) is 9.50 Å². The Morgan fingerprint density at radius 1 is 1.10 bits per heavy atom. The van der Waals surface area contributed by atoms with Crippen LogP contribution in [-0.2, 0) is 17.8 Å². The molecule has 2 aliphatic heterocycles. The summed E-state index contributed by atoms with van der Waals surface area (Å²) < 4.78 is 12.5. The molecule has 1 fully saturated rings. The highest BCUT2D eigenvalue weighted by Crippen LogP contribution is 2.32. The summed E-state index contributed by atoms with van der Waals surface area (Å²) in [5, 5.41) is 4.21. The number of aryl methyl sites for hydroxylation is 2. The molecule has 1 aromatic carbocycles. The van der Waals surface area contributed by atoms with Gasteiger partial charge >= 0.3 is 0 Å². The van der Waals surface area contributed by atoms with Crippen LogP contribution in [0.4, 0.5) is 0 Å². The van der Waals surface area contributed by atoms with Crippen molar-refractivity contribution in [2.24, 2.45) is 0 Å². The predicted molar refractivity (Wildman–Crippen MR) is 108 cm³/mol. The van der Waals surface area contributed by atoms with Crippen LogP contribution in [0.1, 0.15) is 22.5 Å². The Morgan fingerprint density at radius 2 is 1.90 bits per heavy atom. The Bertz CT molecular complexity index is 1100. The number of benzene rings is 1. The zero-order chi connectivity index (χ0) is 20.7. The van der Waals surface area contributed by atoms with Crippen LogP contribution in [0.25, 0.3) is 5.78 Å². The minimum absolute atomic E-state index is 0.130. The Balaban J connectivity index is 1.20. The van der Waals surface area contributed by atoms with Crippen molar-refractivity contribution in [2.45, 2.75) is 26.8 Å². The molecule has 2 aromatic heterocycles. The standard InChI is InChI=1S/C21H24N6O3/c1-14-17(15(2)27-21(24-14)22-12-23-27)10-20(28)26-7-5-25(6-8-26)11-16-3-4-18-19(9-16)30-13-29-18/h3-4,9,12H,5-8,10-11,13H2,1-2H3. The van der Waals surface area contributed by atoms with Crippen LogP contribution >= 0.6 is 0 Å². The monoisotopic (exact) mass is 408 g/mol. The molecule has 0 bridgehead atoms. The van der Waals surface area contributed by atoms with E-state index >= 15 is 0 Å². The van der Waals surface area contributed by atoms with E-state index in [0.717, 1.165) is 61.2 Å². The van der Waals surface area contributed by atoms with Gasteiger partial charge in [0.15, 0.2) is 11.5 Å². The number of rotatable bonds is 4. The molecule has 156 valence electrons. The molecule has 0 aliphatic carbocycles.